The topological polar surface area (TPSA) is 59.0 Å². The molecule has 1 aliphatic rings. The molecule has 0 spiro atoms. The highest BCUT2D eigenvalue weighted by atomic mass is 19.1. The largest absolute Gasteiger partial charge is 0.367 e. The molecule has 1 amide bonds. The van der Waals surface area contributed by atoms with Gasteiger partial charge >= 0.3 is 0 Å². The Bertz CT molecular complexity index is 697. The lowest BCUT2D eigenvalue weighted by atomic mass is 9.87. The van der Waals surface area contributed by atoms with Crippen molar-refractivity contribution in [2.24, 2.45) is 5.92 Å². The van der Waals surface area contributed by atoms with Crippen LogP contribution in [0.3, 0.4) is 0 Å². The molecule has 1 aliphatic heterocycles. The highest BCUT2D eigenvalue weighted by Crippen LogP contribution is 2.33. The van der Waals surface area contributed by atoms with Gasteiger partial charge in [-0.05, 0) is 38.0 Å². The minimum absolute atomic E-state index is 0.0185. The molecule has 5 nitrogen and oxygen atoms in total. The molecule has 2 aromatic rings. The number of carbonyl (C=O) groups excluding carboxylic acids is 1. The smallest absolute Gasteiger partial charge is 0.220 e. The van der Waals surface area contributed by atoms with Gasteiger partial charge in [-0.2, -0.15) is 5.10 Å². The van der Waals surface area contributed by atoms with Crippen LogP contribution in [0.25, 0.3) is 0 Å². The van der Waals surface area contributed by atoms with Crippen LogP contribution in [-0.4, -0.2) is 21.7 Å². The molecular formula is C18H23FN4O. The predicted octanol–water partition coefficient (Wildman–Crippen LogP) is 3.11. The van der Waals surface area contributed by atoms with Gasteiger partial charge in [-0.15, -0.1) is 0 Å². The Morgan fingerprint density at radius 2 is 2.04 bits per heavy atom. The van der Waals surface area contributed by atoms with E-state index in [2.05, 4.69) is 29.6 Å². The Morgan fingerprint density at radius 1 is 1.29 bits per heavy atom. The molecule has 2 heterocycles. The van der Waals surface area contributed by atoms with E-state index in [1.54, 1.807) is 18.3 Å². The molecule has 2 N–H and O–H groups in total. The standard InChI is InChI=1S/C18H23FN4O/c1-12-16(13(2)23-17(22-12)9-10-21-23)7-8-18(24)20-11-14-3-5-15(19)6-4-14/h3-6,9-10,12-13,16,22H,7-8,11H2,1-2H3,(H,20,24). The summed E-state index contributed by atoms with van der Waals surface area (Å²) in [6, 6.07) is 8.71. The third-order valence-electron chi connectivity index (χ3n) is 4.80. The first-order valence-corrected chi connectivity index (χ1v) is 8.36. The van der Waals surface area contributed by atoms with Crippen molar-refractivity contribution in [2.45, 2.75) is 45.3 Å². The van der Waals surface area contributed by atoms with Crippen LogP contribution >= 0.6 is 0 Å². The van der Waals surface area contributed by atoms with Crippen molar-refractivity contribution in [3.63, 3.8) is 0 Å². The van der Waals surface area contributed by atoms with Crippen LogP contribution < -0.4 is 10.6 Å². The maximum absolute atomic E-state index is 12.9. The van der Waals surface area contributed by atoms with Crippen LogP contribution in [0.5, 0.6) is 0 Å². The number of nitrogens with zero attached hydrogens (tertiary/aromatic N) is 2. The molecule has 0 bridgehead atoms. The van der Waals surface area contributed by atoms with E-state index in [1.807, 2.05) is 10.7 Å². The van der Waals surface area contributed by atoms with Gasteiger partial charge in [0, 0.05) is 31.0 Å². The number of rotatable bonds is 5. The van der Waals surface area contributed by atoms with Gasteiger partial charge < -0.3 is 10.6 Å². The number of anilines is 1. The Balaban J connectivity index is 1.50. The number of hydrogen-bond donors (Lipinski definition) is 2. The molecule has 0 fully saturated rings. The molecule has 0 saturated carbocycles. The van der Waals surface area contributed by atoms with Crippen molar-refractivity contribution in [3.8, 4) is 0 Å². The quantitative estimate of drug-likeness (QED) is 0.885. The summed E-state index contributed by atoms with van der Waals surface area (Å²) in [5.74, 6) is 1.13. The van der Waals surface area contributed by atoms with E-state index in [1.165, 1.54) is 12.1 Å². The first-order valence-electron chi connectivity index (χ1n) is 8.36. The Kier molecular flexibility index (Phi) is 4.83. The summed E-state index contributed by atoms with van der Waals surface area (Å²) >= 11 is 0. The van der Waals surface area contributed by atoms with Crippen LogP contribution in [0.2, 0.25) is 0 Å². The van der Waals surface area contributed by atoms with E-state index in [-0.39, 0.29) is 17.8 Å². The Hall–Kier alpha value is -2.37. The molecule has 6 heteroatoms. The fourth-order valence-electron chi connectivity index (χ4n) is 3.37. The fourth-order valence-corrected chi connectivity index (χ4v) is 3.37. The van der Waals surface area contributed by atoms with Gasteiger partial charge in [0.15, 0.2) is 0 Å². The summed E-state index contributed by atoms with van der Waals surface area (Å²) in [5.41, 5.74) is 0.895. The molecule has 0 radical (unpaired) electrons. The maximum Gasteiger partial charge on any atom is 0.220 e. The molecule has 3 unspecified atom stereocenters. The summed E-state index contributed by atoms with van der Waals surface area (Å²) in [5, 5.41) is 10.7. The number of nitrogens with one attached hydrogen (secondary N) is 2. The van der Waals surface area contributed by atoms with E-state index >= 15 is 0 Å². The fraction of sp³-hybridized carbons (Fsp3) is 0.444. The predicted molar refractivity (Wildman–Crippen MR) is 91.0 cm³/mol. The second-order valence-electron chi connectivity index (χ2n) is 6.44. The van der Waals surface area contributed by atoms with Crippen molar-refractivity contribution in [2.75, 3.05) is 5.32 Å². The molecule has 3 rings (SSSR count). The SMILES string of the molecule is CC1Nc2ccnn2C(C)C1CCC(=O)NCc1ccc(F)cc1. The van der Waals surface area contributed by atoms with Crippen molar-refractivity contribution < 1.29 is 9.18 Å². The summed E-state index contributed by atoms with van der Waals surface area (Å²) in [6.07, 6.45) is 3.06. The first kappa shape index (κ1) is 16.5. The van der Waals surface area contributed by atoms with Crippen molar-refractivity contribution >= 4 is 11.7 Å². The number of amides is 1. The van der Waals surface area contributed by atoms with Crippen molar-refractivity contribution in [1.82, 2.24) is 15.1 Å². The lowest BCUT2D eigenvalue weighted by Crippen LogP contribution is -2.39. The number of aromatic nitrogens is 2. The molecule has 3 atom stereocenters. The van der Waals surface area contributed by atoms with E-state index in [0.29, 0.717) is 24.9 Å². The minimum atomic E-state index is -0.268. The third-order valence-corrected chi connectivity index (χ3v) is 4.80. The summed E-state index contributed by atoms with van der Waals surface area (Å²) < 4.78 is 14.9. The number of carbonyl (C=O) groups is 1. The van der Waals surface area contributed by atoms with Crippen molar-refractivity contribution in [1.29, 1.82) is 0 Å². The zero-order chi connectivity index (χ0) is 17.1. The normalized spacial score (nSPS) is 22.5. The first-order chi connectivity index (χ1) is 11.5. The number of hydrogen-bond acceptors (Lipinski definition) is 3. The minimum Gasteiger partial charge on any atom is -0.367 e. The van der Waals surface area contributed by atoms with E-state index < -0.39 is 0 Å². The van der Waals surface area contributed by atoms with E-state index in [9.17, 15) is 9.18 Å². The lowest BCUT2D eigenvalue weighted by Gasteiger charge is -2.36. The molecule has 1 aromatic carbocycles. The summed E-state index contributed by atoms with van der Waals surface area (Å²) in [7, 11) is 0. The zero-order valence-corrected chi connectivity index (χ0v) is 14.0. The van der Waals surface area contributed by atoms with Gasteiger partial charge in [-0.1, -0.05) is 12.1 Å². The van der Waals surface area contributed by atoms with Gasteiger partial charge in [0.05, 0.1) is 12.2 Å². The second-order valence-corrected chi connectivity index (χ2v) is 6.44. The number of benzene rings is 1. The summed E-state index contributed by atoms with van der Waals surface area (Å²) in [4.78, 5) is 12.1. The van der Waals surface area contributed by atoms with Crippen LogP contribution in [0, 0.1) is 11.7 Å². The highest BCUT2D eigenvalue weighted by molar-refractivity contribution is 5.75. The molecule has 128 valence electrons. The highest BCUT2D eigenvalue weighted by Gasteiger charge is 2.31. The van der Waals surface area contributed by atoms with Crippen LogP contribution in [0.4, 0.5) is 10.2 Å². The molecule has 1 aromatic heterocycles. The maximum atomic E-state index is 12.9. The average molecular weight is 330 g/mol. The van der Waals surface area contributed by atoms with Gasteiger partial charge in [-0.3, -0.25) is 4.79 Å². The van der Waals surface area contributed by atoms with Crippen LogP contribution in [0.1, 0.15) is 38.3 Å². The van der Waals surface area contributed by atoms with E-state index in [4.69, 9.17) is 0 Å². The van der Waals surface area contributed by atoms with Gasteiger partial charge in [0.1, 0.15) is 11.6 Å². The Morgan fingerprint density at radius 3 is 2.79 bits per heavy atom. The summed E-state index contributed by atoms with van der Waals surface area (Å²) in [6.45, 7) is 4.72. The molecule has 24 heavy (non-hydrogen) atoms. The third kappa shape index (κ3) is 3.58. The van der Waals surface area contributed by atoms with Gasteiger partial charge in [-0.25, -0.2) is 9.07 Å². The van der Waals surface area contributed by atoms with Gasteiger partial charge in [0.2, 0.25) is 5.91 Å². The van der Waals surface area contributed by atoms with Crippen molar-refractivity contribution in [3.05, 3.63) is 47.9 Å². The average Bonchev–Trinajstić information content (AvgIpc) is 3.02. The molecular weight excluding hydrogens is 307 g/mol. The molecule has 0 saturated heterocycles. The lowest BCUT2D eigenvalue weighted by molar-refractivity contribution is -0.121. The van der Waals surface area contributed by atoms with Crippen LogP contribution in [0.15, 0.2) is 36.5 Å². The van der Waals surface area contributed by atoms with Gasteiger partial charge in [0.25, 0.3) is 0 Å². The van der Waals surface area contributed by atoms with Crippen LogP contribution in [-0.2, 0) is 11.3 Å². The number of halogens is 1. The Labute approximate surface area is 141 Å². The zero-order valence-electron chi connectivity index (χ0n) is 14.0. The number of fused-ring (bicyclic) bond motifs is 1. The van der Waals surface area contributed by atoms with E-state index in [0.717, 1.165) is 17.8 Å². The molecule has 0 aliphatic carbocycles. The second kappa shape index (κ2) is 7.03. The monoisotopic (exact) mass is 330 g/mol.